The van der Waals surface area contributed by atoms with Crippen molar-refractivity contribution in [2.45, 2.75) is 63.5 Å². The number of carbonyl (C=O) groups is 2. The summed E-state index contributed by atoms with van der Waals surface area (Å²) in [5.74, 6) is -0.129. The van der Waals surface area contributed by atoms with E-state index in [0.717, 1.165) is 19.3 Å². The third-order valence-corrected chi connectivity index (χ3v) is 5.77. The molecular formula is C21H28FNO3S. The summed E-state index contributed by atoms with van der Waals surface area (Å²) in [6.45, 7) is 4.02. The number of hydrogen-bond donors (Lipinski definition) is 1. The van der Waals surface area contributed by atoms with E-state index in [1.54, 1.807) is 0 Å². The van der Waals surface area contributed by atoms with Crippen LogP contribution in [0.1, 0.15) is 58.8 Å². The van der Waals surface area contributed by atoms with Crippen molar-refractivity contribution in [2.75, 3.05) is 11.9 Å². The summed E-state index contributed by atoms with van der Waals surface area (Å²) >= 11 is 1.27. The molecule has 0 radical (unpaired) electrons. The smallest absolute Gasteiger partial charge is 0.262 e. The van der Waals surface area contributed by atoms with Crippen LogP contribution in [0, 0.1) is 5.82 Å². The Kier molecular flexibility index (Phi) is 8.35. The minimum absolute atomic E-state index is 0.0302. The Labute approximate surface area is 164 Å². The Balaban J connectivity index is 1.80. The number of benzene rings is 1. The van der Waals surface area contributed by atoms with E-state index >= 15 is 0 Å². The Bertz CT molecular complexity index is 675. The quantitative estimate of drug-likeness (QED) is 0.508. The standard InChI is InChI=1S/C21H28FNO3S/c1-3-4-5-6-7-8-13-21(2)18(14-20(25)27-21)26-15-19(24)23-17-11-9-16(22)10-12-17/h9-12,14H,3-8,13,15H2,1-2H3,(H,23,24). The molecule has 1 aromatic rings. The van der Waals surface area contributed by atoms with E-state index in [9.17, 15) is 14.0 Å². The zero-order chi connectivity index (χ0) is 19.7. The third-order valence-electron chi connectivity index (χ3n) is 4.59. The molecule has 0 saturated heterocycles. The van der Waals surface area contributed by atoms with Crippen molar-refractivity contribution in [3.8, 4) is 0 Å². The minimum Gasteiger partial charge on any atom is -0.486 e. The van der Waals surface area contributed by atoms with Crippen LogP contribution in [0.15, 0.2) is 36.1 Å². The van der Waals surface area contributed by atoms with Crippen molar-refractivity contribution in [2.24, 2.45) is 0 Å². The van der Waals surface area contributed by atoms with Crippen LogP contribution in [0.4, 0.5) is 10.1 Å². The molecule has 0 bridgehead atoms. The van der Waals surface area contributed by atoms with Gasteiger partial charge in [0.1, 0.15) is 11.6 Å². The molecule has 1 unspecified atom stereocenters. The van der Waals surface area contributed by atoms with Crippen LogP contribution in [0.5, 0.6) is 0 Å². The Morgan fingerprint density at radius 1 is 1.15 bits per heavy atom. The summed E-state index contributed by atoms with van der Waals surface area (Å²) < 4.78 is 18.2. The summed E-state index contributed by atoms with van der Waals surface area (Å²) in [4.78, 5) is 23.9. The molecule has 1 heterocycles. The minimum atomic E-state index is -0.405. The monoisotopic (exact) mass is 393 g/mol. The number of carbonyl (C=O) groups excluding carboxylic acids is 2. The number of halogens is 1. The SMILES string of the molecule is CCCCCCCCC1(C)SC(=O)C=C1OCC(=O)Nc1ccc(F)cc1. The van der Waals surface area contributed by atoms with E-state index in [1.807, 2.05) is 6.92 Å². The first kappa shape index (κ1) is 21.5. The summed E-state index contributed by atoms with van der Waals surface area (Å²) in [6.07, 6.45) is 9.47. The van der Waals surface area contributed by atoms with Crippen LogP contribution in [0.3, 0.4) is 0 Å². The second-order valence-electron chi connectivity index (χ2n) is 7.02. The molecule has 27 heavy (non-hydrogen) atoms. The number of nitrogens with one attached hydrogen (secondary N) is 1. The highest BCUT2D eigenvalue weighted by atomic mass is 32.2. The lowest BCUT2D eigenvalue weighted by molar-refractivity contribution is -0.119. The van der Waals surface area contributed by atoms with E-state index < -0.39 is 4.75 Å². The molecule has 1 aliphatic heterocycles. The second-order valence-corrected chi connectivity index (χ2v) is 8.53. The molecule has 4 nitrogen and oxygen atoms in total. The Morgan fingerprint density at radius 3 is 2.52 bits per heavy atom. The Morgan fingerprint density at radius 2 is 1.81 bits per heavy atom. The normalized spacial score (nSPS) is 19.1. The molecule has 1 N–H and O–H groups in total. The molecule has 1 aliphatic rings. The van der Waals surface area contributed by atoms with Gasteiger partial charge in [-0.25, -0.2) is 4.39 Å². The van der Waals surface area contributed by atoms with Crippen LogP contribution < -0.4 is 5.32 Å². The lowest BCUT2D eigenvalue weighted by atomic mass is 9.99. The second kappa shape index (κ2) is 10.5. The first-order chi connectivity index (χ1) is 12.9. The van der Waals surface area contributed by atoms with Gasteiger partial charge >= 0.3 is 0 Å². The van der Waals surface area contributed by atoms with Crippen molar-refractivity contribution in [1.82, 2.24) is 0 Å². The molecule has 2 rings (SSSR count). The van der Waals surface area contributed by atoms with Crippen molar-refractivity contribution in [1.29, 1.82) is 0 Å². The van der Waals surface area contributed by atoms with Gasteiger partial charge in [-0.2, -0.15) is 0 Å². The maximum absolute atomic E-state index is 12.9. The van der Waals surface area contributed by atoms with Crippen molar-refractivity contribution >= 4 is 28.5 Å². The van der Waals surface area contributed by atoms with Gasteiger partial charge in [-0.15, -0.1) is 0 Å². The highest BCUT2D eigenvalue weighted by Crippen LogP contribution is 2.44. The summed E-state index contributed by atoms with van der Waals surface area (Å²) in [6, 6.07) is 5.54. The predicted molar refractivity (Wildman–Crippen MR) is 108 cm³/mol. The maximum atomic E-state index is 12.9. The number of rotatable bonds is 11. The first-order valence-electron chi connectivity index (χ1n) is 9.56. The average Bonchev–Trinajstić information content (AvgIpc) is 2.92. The van der Waals surface area contributed by atoms with E-state index in [1.165, 1.54) is 67.8 Å². The van der Waals surface area contributed by atoms with E-state index in [0.29, 0.717) is 11.4 Å². The molecule has 0 saturated carbocycles. The lowest BCUT2D eigenvalue weighted by Gasteiger charge is -2.26. The maximum Gasteiger partial charge on any atom is 0.262 e. The van der Waals surface area contributed by atoms with Crippen LogP contribution in [-0.4, -0.2) is 22.4 Å². The number of amides is 1. The van der Waals surface area contributed by atoms with Gasteiger partial charge in [-0.05, 0) is 37.6 Å². The lowest BCUT2D eigenvalue weighted by Crippen LogP contribution is -2.26. The van der Waals surface area contributed by atoms with Crippen LogP contribution in [0.25, 0.3) is 0 Å². The van der Waals surface area contributed by atoms with Gasteiger partial charge in [0.05, 0.1) is 4.75 Å². The molecule has 0 spiro atoms. The van der Waals surface area contributed by atoms with Gasteiger partial charge in [0.15, 0.2) is 6.61 Å². The predicted octanol–water partition coefficient (Wildman–Crippen LogP) is 5.45. The largest absolute Gasteiger partial charge is 0.486 e. The molecule has 1 amide bonds. The summed E-state index contributed by atoms with van der Waals surface area (Å²) in [5, 5.41) is 2.62. The number of unbranched alkanes of at least 4 members (excludes halogenated alkanes) is 5. The number of anilines is 1. The van der Waals surface area contributed by atoms with Gasteiger partial charge < -0.3 is 10.1 Å². The molecule has 6 heteroatoms. The van der Waals surface area contributed by atoms with Gasteiger partial charge in [0, 0.05) is 11.8 Å². The van der Waals surface area contributed by atoms with Gasteiger partial charge in [0.2, 0.25) is 5.12 Å². The van der Waals surface area contributed by atoms with E-state index in [-0.39, 0.29) is 23.4 Å². The van der Waals surface area contributed by atoms with Gasteiger partial charge in [0.25, 0.3) is 5.91 Å². The number of hydrogen-bond acceptors (Lipinski definition) is 4. The fraction of sp³-hybridized carbons (Fsp3) is 0.524. The Hall–Kier alpha value is -1.82. The molecule has 1 atom stereocenters. The third kappa shape index (κ3) is 7.01. The number of thioether (sulfide) groups is 1. The molecule has 0 aromatic heterocycles. The zero-order valence-electron chi connectivity index (χ0n) is 16.1. The first-order valence-corrected chi connectivity index (χ1v) is 10.4. The fourth-order valence-electron chi connectivity index (χ4n) is 3.05. The topological polar surface area (TPSA) is 55.4 Å². The van der Waals surface area contributed by atoms with Crippen LogP contribution in [-0.2, 0) is 14.3 Å². The molecule has 1 aromatic carbocycles. The molecule has 148 valence electrons. The van der Waals surface area contributed by atoms with Gasteiger partial charge in [-0.3, -0.25) is 9.59 Å². The fourth-order valence-corrected chi connectivity index (χ4v) is 4.12. The molecule has 0 aliphatic carbocycles. The molecule has 0 fully saturated rings. The van der Waals surface area contributed by atoms with Crippen molar-refractivity contribution in [3.05, 3.63) is 41.9 Å². The number of ether oxygens (including phenoxy) is 1. The van der Waals surface area contributed by atoms with Crippen LogP contribution >= 0.6 is 11.8 Å². The van der Waals surface area contributed by atoms with Crippen LogP contribution in [0.2, 0.25) is 0 Å². The highest BCUT2D eigenvalue weighted by molar-refractivity contribution is 8.15. The average molecular weight is 394 g/mol. The van der Waals surface area contributed by atoms with E-state index in [4.69, 9.17) is 4.74 Å². The van der Waals surface area contributed by atoms with E-state index in [2.05, 4.69) is 12.2 Å². The molecular weight excluding hydrogens is 365 g/mol. The van der Waals surface area contributed by atoms with Crippen molar-refractivity contribution in [3.63, 3.8) is 0 Å². The van der Waals surface area contributed by atoms with Gasteiger partial charge in [-0.1, -0.05) is 57.2 Å². The highest BCUT2D eigenvalue weighted by Gasteiger charge is 2.39. The zero-order valence-corrected chi connectivity index (χ0v) is 16.9. The summed E-state index contributed by atoms with van der Waals surface area (Å²) in [7, 11) is 0. The van der Waals surface area contributed by atoms with Crippen molar-refractivity contribution < 1.29 is 18.7 Å². The summed E-state index contributed by atoms with van der Waals surface area (Å²) in [5.41, 5.74) is 0.505.